The van der Waals surface area contributed by atoms with Crippen LogP contribution >= 0.6 is 11.8 Å². The van der Waals surface area contributed by atoms with Gasteiger partial charge < -0.3 is 5.32 Å². The molecule has 2 unspecified atom stereocenters. The molecule has 80 valence electrons. The Morgan fingerprint density at radius 3 is 3.27 bits per heavy atom. The van der Waals surface area contributed by atoms with Gasteiger partial charge in [0, 0.05) is 16.7 Å². The van der Waals surface area contributed by atoms with Gasteiger partial charge in [0.2, 0.25) is 0 Å². The molecule has 2 atom stereocenters. The summed E-state index contributed by atoms with van der Waals surface area (Å²) in [6.45, 7) is 1.07. The van der Waals surface area contributed by atoms with Gasteiger partial charge in [0.15, 0.2) is 0 Å². The summed E-state index contributed by atoms with van der Waals surface area (Å²) >= 11 is 1.69. The number of halogens is 1. The van der Waals surface area contributed by atoms with Gasteiger partial charge in [0.25, 0.3) is 0 Å². The third kappa shape index (κ3) is 1.58. The summed E-state index contributed by atoms with van der Waals surface area (Å²) in [5.41, 5.74) is 1.18. The zero-order valence-corrected chi connectivity index (χ0v) is 9.32. The van der Waals surface area contributed by atoms with E-state index in [1.807, 2.05) is 6.07 Å². The lowest BCUT2D eigenvalue weighted by Crippen LogP contribution is -2.37. The molecule has 2 heterocycles. The van der Waals surface area contributed by atoms with Gasteiger partial charge in [-0.25, -0.2) is 4.39 Å². The maximum Gasteiger partial charge on any atom is 0.137 e. The van der Waals surface area contributed by atoms with Gasteiger partial charge in [-0.3, -0.25) is 0 Å². The lowest BCUT2D eigenvalue weighted by Gasteiger charge is -2.37. The first-order valence-electron chi connectivity index (χ1n) is 5.51. The molecule has 1 fully saturated rings. The highest BCUT2D eigenvalue weighted by Gasteiger charge is 2.32. The standard InChI is InChI=1S/C12H14FNS/c13-10-5-1-4-9-11-8(3-2-6-14-11)7-15-12(9)10/h1,4-5,8,11,14H,2-3,6-7H2. The molecule has 2 aliphatic heterocycles. The van der Waals surface area contributed by atoms with Crippen LogP contribution in [0, 0.1) is 11.7 Å². The van der Waals surface area contributed by atoms with Crippen molar-refractivity contribution >= 4 is 11.8 Å². The van der Waals surface area contributed by atoms with Crippen molar-refractivity contribution in [3.8, 4) is 0 Å². The molecule has 3 heteroatoms. The SMILES string of the molecule is Fc1cccc2c1SCC1CCCNC21. The van der Waals surface area contributed by atoms with E-state index in [0.717, 1.165) is 17.2 Å². The van der Waals surface area contributed by atoms with E-state index in [9.17, 15) is 4.39 Å². The minimum Gasteiger partial charge on any atom is -0.310 e. The number of benzene rings is 1. The van der Waals surface area contributed by atoms with Crippen LogP contribution in [0.5, 0.6) is 0 Å². The first kappa shape index (κ1) is 9.67. The fourth-order valence-electron chi connectivity index (χ4n) is 2.61. The number of hydrogen-bond acceptors (Lipinski definition) is 2. The summed E-state index contributed by atoms with van der Waals surface area (Å²) in [6, 6.07) is 5.86. The van der Waals surface area contributed by atoms with Crippen LogP contribution < -0.4 is 5.32 Å². The van der Waals surface area contributed by atoms with E-state index < -0.39 is 0 Å². The van der Waals surface area contributed by atoms with E-state index >= 15 is 0 Å². The van der Waals surface area contributed by atoms with Gasteiger partial charge in [0.1, 0.15) is 5.82 Å². The topological polar surface area (TPSA) is 12.0 Å². The molecule has 0 aliphatic carbocycles. The zero-order valence-electron chi connectivity index (χ0n) is 8.50. The van der Waals surface area contributed by atoms with E-state index in [2.05, 4.69) is 11.4 Å². The minimum absolute atomic E-state index is 0.0525. The summed E-state index contributed by atoms with van der Waals surface area (Å²) in [5.74, 6) is 1.70. The normalized spacial score (nSPS) is 29.4. The lowest BCUT2D eigenvalue weighted by molar-refractivity contribution is 0.301. The molecule has 15 heavy (non-hydrogen) atoms. The first-order chi connectivity index (χ1) is 7.36. The van der Waals surface area contributed by atoms with Gasteiger partial charge >= 0.3 is 0 Å². The maximum absolute atomic E-state index is 13.6. The third-order valence-electron chi connectivity index (χ3n) is 3.36. The van der Waals surface area contributed by atoms with Crippen molar-refractivity contribution in [2.45, 2.75) is 23.8 Å². The number of hydrogen-bond donors (Lipinski definition) is 1. The lowest BCUT2D eigenvalue weighted by atomic mass is 9.87. The van der Waals surface area contributed by atoms with E-state index in [-0.39, 0.29) is 5.82 Å². The second kappa shape index (κ2) is 3.80. The van der Waals surface area contributed by atoms with Gasteiger partial charge in [-0.2, -0.15) is 0 Å². The Bertz CT molecular complexity index is 380. The van der Waals surface area contributed by atoms with Crippen LogP contribution in [0.25, 0.3) is 0 Å². The van der Waals surface area contributed by atoms with Crippen molar-refractivity contribution in [3.05, 3.63) is 29.6 Å². The largest absolute Gasteiger partial charge is 0.310 e. The molecule has 1 saturated heterocycles. The molecule has 1 N–H and O–H groups in total. The molecule has 0 radical (unpaired) electrons. The maximum atomic E-state index is 13.6. The number of piperidine rings is 1. The van der Waals surface area contributed by atoms with Crippen LogP contribution in [-0.4, -0.2) is 12.3 Å². The highest BCUT2D eigenvalue weighted by Crippen LogP contribution is 2.43. The van der Waals surface area contributed by atoms with E-state index in [0.29, 0.717) is 12.0 Å². The summed E-state index contributed by atoms with van der Waals surface area (Å²) < 4.78 is 13.6. The molecule has 0 spiro atoms. The van der Waals surface area contributed by atoms with Crippen molar-refractivity contribution in [1.29, 1.82) is 0 Å². The van der Waals surface area contributed by atoms with Gasteiger partial charge in [0.05, 0.1) is 0 Å². The molecule has 1 nitrogen and oxygen atoms in total. The van der Waals surface area contributed by atoms with Crippen LogP contribution in [0.15, 0.2) is 23.1 Å². The van der Waals surface area contributed by atoms with E-state index in [1.54, 1.807) is 17.8 Å². The quantitative estimate of drug-likeness (QED) is 0.725. The Hall–Kier alpha value is -0.540. The minimum atomic E-state index is -0.0525. The molecule has 1 aromatic rings. The molecule has 0 aromatic heterocycles. The van der Waals surface area contributed by atoms with E-state index in [4.69, 9.17) is 0 Å². The Morgan fingerprint density at radius 2 is 2.33 bits per heavy atom. The Labute approximate surface area is 93.4 Å². The van der Waals surface area contributed by atoms with Crippen LogP contribution in [0.2, 0.25) is 0 Å². The van der Waals surface area contributed by atoms with Crippen LogP contribution in [0.4, 0.5) is 4.39 Å². The number of fused-ring (bicyclic) bond motifs is 3. The Balaban J connectivity index is 2.03. The van der Waals surface area contributed by atoms with Gasteiger partial charge in [-0.15, -0.1) is 11.8 Å². The summed E-state index contributed by atoms with van der Waals surface area (Å²) in [5, 5.41) is 3.52. The highest BCUT2D eigenvalue weighted by atomic mass is 32.2. The second-order valence-corrected chi connectivity index (χ2v) is 5.33. The first-order valence-corrected chi connectivity index (χ1v) is 6.49. The third-order valence-corrected chi connectivity index (χ3v) is 4.68. The zero-order chi connectivity index (χ0) is 10.3. The van der Waals surface area contributed by atoms with Gasteiger partial charge in [-0.1, -0.05) is 12.1 Å². The van der Waals surface area contributed by atoms with Crippen LogP contribution in [0.1, 0.15) is 24.4 Å². The number of nitrogens with one attached hydrogen (secondary N) is 1. The van der Waals surface area contributed by atoms with Crippen molar-refractivity contribution in [3.63, 3.8) is 0 Å². The highest BCUT2D eigenvalue weighted by molar-refractivity contribution is 7.99. The van der Waals surface area contributed by atoms with Crippen molar-refractivity contribution < 1.29 is 4.39 Å². The predicted octanol–water partition coefficient (Wildman–Crippen LogP) is 2.97. The molecule has 1 aromatic carbocycles. The number of rotatable bonds is 0. The average Bonchev–Trinajstić information content (AvgIpc) is 2.29. The monoisotopic (exact) mass is 223 g/mol. The second-order valence-electron chi connectivity index (χ2n) is 4.30. The van der Waals surface area contributed by atoms with E-state index in [1.165, 1.54) is 18.4 Å². The molecule has 0 amide bonds. The molecule has 3 rings (SSSR count). The van der Waals surface area contributed by atoms with Gasteiger partial charge in [-0.05, 0) is 36.9 Å². The van der Waals surface area contributed by atoms with Crippen molar-refractivity contribution in [2.75, 3.05) is 12.3 Å². The summed E-state index contributed by atoms with van der Waals surface area (Å²) in [7, 11) is 0. The number of thioether (sulfide) groups is 1. The Morgan fingerprint density at radius 1 is 1.40 bits per heavy atom. The smallest absolute Gasteiger partial charge is 0.137 e. The molecule has 0 bridgehead atoms. The van der Waals surface area contributed by atoms with Crippen LogP contribution in [-0.2, 0) is 0 Å². The van der Waals surface area contributed by atoms with Crippen molar-refractivity contribution in [1.82, 2.24) is 5.32 Å². The summed E-state index contributed by atoms with van der Waals surface area (Å²) in [4.78, 5) is 0.869. The molecular weight excluding hydrogens is 209 g/mol. The molecule has 0 saturated carbocycles. The van der Waals surface area contributed by atoms with Crippen LogP contribution in [0.3, 0.4) is 0 Å². The summed E-state index contributed by atoms with van der Waals surface area (Å²) in [6.07, 6.45) is 2.53. The molecule has 2 aliphatic rings. The molecular formula is C12H14FNS. The fraction of sp³-hybridized carbons (Fsp3) is 0.500. The average molecular weight is 223 g/mol. The Kier molecular flexibility index (Phi) is 2.45. The predicted molar refractivity (Wildman–Crippen MR) is 60.6 cm³/mol. The fourth-order valence-corrected chi connectivity index (χ4v) is 3.92. The van der Waals surface area contributed by atoms with Crippen molar-refractivity contribution in [2.24, 2.45) is 5.92 Å².